The van der Waals surface area contributed by atoms with Gasteiger partial charge in [-0.15, -0.1) is 0 Å². The molecule has 0 amide bonds. The fourth-order valence-corrected chi connectivity index (χ4v) is 4.92. The molecule has 0 saturated carbocycles. The molecule has 2 rings (SSSR count). The maximum atomic E-state index is 12.7. The van der Waals surface area contributed by atoms with Crippen LogP contribution in [0.5, 0.6) is 0 Å². The van der Waals surface area contributed by atoms with E-state index in [1.165, 1.54) is 22.5 Å². The fourth-order valence-electron chi connectivity index (χ4n) is 2.42. The van der Waals surface area contributed by atoms with Crippen molar-refractivity contribution in [2.24, 2.45) is 11.8 Å². The van der Waals surface area contributed by atoms with E-state index < -0.39 is 16.0 Å². The summed E-state index contributed by atoms with van der Waals surface area (Å²) in [4.78, 5) is 11.1. The van der Waals surface area contributed by atoms with E-state index in [1.54, 1.807) is 0 Å². The number of rotatable bonds is 3. The molecule has 0 spiro atoms. The van der Waals surface area contributed by atoms with Crippen molar-refractivity contribution in [1.82, 2.24) is 4.31 Å². The van der Waals surface area contributed by atoms with Crippen molar-refractivity contribution >= 4 is 31.9 Å². The second-order valence-corrected chi connectivity index (χ2v) is 8.32. The quantitative estimate of drug-likeness (QED) is 0.880. The molecule has 0 aromatic heterocycles. The summed E-state index contributed by atoms with van der Waals surface area (Å²) in [5, 5.41) is 9.03. The highest BCUT2D eigenvalue weighted by molar-refractivity contribution is 9.10. The lowest BCUT2D eigenvalue weighted by Crippen LogP contribution is -2.42. The molecule has 1 heterocycles. The minimum atomic E-state index is -3.68. The number of sulfonamides is 1. The van der Waals surface area contributed by atoms with Gasteiger partial charge in [0.25, 0.3) is 0 Å². The molecule has 2 unspecified atom stereocenters. The van der Waals surface area contributed by atoms with E-state index in [-0.39, 0.29) is 16.4 Å². The smallest absolute Gasteiger partial charge is 0.335 e. The van der Waals surface area contributed by atoms with Gasteiger partial charge >= 0.3 is 5.97 Å². The molecule has 0 radical (unpaired) electrons. The Morgan fingerprint density at radius 3 is 2.57 bits per heavy atom. The number of hydrogen-bond donors (Lipinski definition) is 1. The maximum absolute atomic E-state index is 12.7. The number of carbonyl (C=O) groups is 1. The van der Waals surface area contributed by atoms with Crippen molar-refractivity contribution in [3.8, 4) is 0 Å². The van der Waals surface area contributed by atoms with Gasteiger partial charge in [-0.1, -0.05) is 13.8 Å². The molecule has 1 aromatic carbocycles. The van der Waals surface area contributed by atoms with E-state index in [2.05, 4.69) is 22.9 Å². The second kappa shape index (κ2) is 6.06. The third kappa shape index (κ3) is 3.30. The molecule has 1 fully saturated rings. The predicted octanol–water partition coefficient (Wildman–Crippen LogP) is 2.81. The molecule has 0 bridgehead atoms. The fraction of sp³-hybridized carbons (Fsp3) is 0.500. The first kappa shape index (κ1) is 16.5. The van der Waals surface area contributed by atoms with Gasteiger partial charge in [0.1, 0.15) is 0 Å². The minimum absolute atomic E-state index is 0.0177. The van der Waals surface area contributed by atoms with Crippen LogP contribution in [0.3, 0.4) is 0 Å². The summed E-state index contributed by atoms with van der Waals surface area (Å²) in [5.74, 6) is -0.361. The number of piperidine rings is 1. The standard InChI is InChI=1S/C14H18BrNO4S/c1-9-5-6-16(8-10(9)2)21(19,20)13-7-11(14(17)18)3-4-12(13)15/h3-4,7,9-10H,5-6,8H2,1-2H3,(H,17,18). The Morgan fingerprint density at radius 1 is 1.33 bits per heavy atom. The number of carboxylic acids is 1. The van der Waals surface area contributed by atoms with E-state index >= 15 is 0 Å². The number of carboxylic acid groups (broad SMARTS) is 1. The van der Waals surface area contributed by atoms with Gasteiger partial charge in [0.05, 0.1) is 10.5 Å². The molecule has 1 aromatic rings. The summed E-state index contributed by atoms with van der Waals surface area (Å²) < 4.78 is 27.3. The van der Waals surface area contributed by atoms with Crippen molar-refractivity contribution in [3.05, 3.63) is 28.2 Å². The van der Waals surface area contributed by atoms with Gasteiger partial charge in [0, 0.05) is 17.6 Å². The van der Waals surface area contributed by atoms with E-state index in [0.717, 1.165) is 6.42 Å². The lowest BCUT2D eigenvalue weighted by molar-refractivity contribution is 0.0696. The first-order chi connectivity index (χ1) is 9.73. The predicted molar refractivity (Wildman–Crippen MR) is 82.8 cm³/mol. The Kier molecular flexibility index (Phi) is 4.75. The van der Waals surface area contributed by atoms with E-state index in [0.29, 0.717) is 23.5 Å². The Bertz CT molecular complexity index is 659. The topological polar surface area (TPSA) is 74.7 Å². The van der Waals surface area contributed by atoms with Crippen molar-refractivity contribution in [2.45, 2.75) is 25.2 Å². The van der Waals surface area contributed by atoms with Crippen LogP contribution in [0.15, 0.2) is 27.6 Å². The van der Waals surface area contributed by atoms with Gasteiger partial charge in [-0.25, -0.2) is 13.2 Å². The number of benzene rings is 1. The molecule has 7 heteroatoms. The van der Waals surface area contributed by atoms with E-state index in [4.69, 9.17) is 5.11 Å². The molecule has 5 nitrogen and oxygen atoms in total. The largest absolute Gasteiger partial charge is 0.478 e. The van der Waals surface area contributed by atoms with Gasteiger partial charge in [0.2, 0.25) is 10.0 Å². The lowest BCUT2D eigenvalue weighted by Gasteiger charge is -2.34. The van der Waals surface area contributed by atoms with Crippen molar-refractivity contribution in [2.75, 3.05) is 13.1 Å². The van der Waals surface area contributed by atoms with Crippen LogP contribution in [0.2, 0.25) is 0 Å². The SMILES string of the molecule is CC1CCN(S(=O)(=O)c2cc(C(=O)O)ccc2Br)CC1C. The van der Waals surface area contributed by atoms with Gasteiger partial charge in [-0.2, -0.15) is 4.31 Å². The average Bonchev–Trinajstić information content (AvgIpc) is 2.41. The summed E-state index contributed by atoms with van der Waals surface area (Å²) in [6.45, 7) is 5.09. The zero-order valence-electron chi connectivity index (χ0n) is 11.9. The third-order valence-electron chi connectivity index (χ3n) is 4.09. The van der Waals surface area contributed by atoms with Crippen molar-refractivity contribution in [3.63, 3.8) is 0 Å². The zero-order valence-corrected chi connectivity index (χ0v) is 14.3. The molecule has 1 aliphatic heterocycles. The zero-order chi connectivity index (χ0) is 15.8. The van der Waals surface area contributed by atoms with Gasteiger partial charge in [-0.05, 0) is 52.4 Å². The van der Waals surface area contributed by atoms with Crippen LogP contribution in [0.1, 0.15) is 30.6 Å². The van der Waals surface area contributed by atoms with Gasteiger partial charge in [0.15, 0.2) is 0 Å². The molecule has 2 atom stereocenters. The van der Waals surface area contributed by atoms with Crippen LogP contribution in [0.4, 0.5) is 0 Å². The Hall–Kier alpha value is -0.920. The Balaban J connectivity index is 2.40. The van der Waals surface area contributed by atoms with Crippen LogP contribution in [0, 0.1) is 11.8 Å². The number of halogens is 1. The van der Waals surface area contributed by atoms with Crippen LogP contribution in [-0.4, -0.2) is 36.9 Å². The first-order valence-corrected chi connectivity index (χ1v) is 8.99. The number of aromatic carboxylic acids is 1. The number of hydrogen-bond acceptors (Lipinski definition) is 3. The highest BCUT2D eigenvalue weighted by Crippen LogP contribution is 2.31. The van der Waals surface area contributed by atoms with Gasteiger partial charge in [-0.3, -0.25) is 0 Å². The molecule has 21 heavy (non-hydrogen) atoms. The average molecular weight is 376 g/mol. The number of nitrogens with zero attached hydrogens (tertiary/aromatic N) is 1. The molecular weight excluding hydrogens is 358 g/mol. The second-order valence-electron chi connectivity index (χ2n) is 5.56. The molecule has 1 aliphatic rings. The minimum Gasteiger partial charge on any atom is -0.478 e. The maximum Gasteiger partial charge on any atom is 0.335 e. The van der Waals surface area contributed by atoms with Gasteiger partial charge < -0.3 is 5.11 Å². The summed E-state index contributed by atoms with van der Waals surface area (Å²) in [6, 6.07) is 4.06. The van der Waals surface area contributed by atoms with Crippen molar-refractivity contribution in [1.29, 1.82) is 0 Å². The van der Waals surface area contributed by atoms with Crippen LogP contribution in [-0.2, 0) is 10.0 Å². The Morgan fingerprint density at radius 2 is 2.00 bits per heavy atom. The Labute approximate surface area is 133 Å². The third-order valence-corrected chi connectivity index (χ3v) is 6.95. The molecule has 0 aliphatic carbocycles. The molecular formula is C14H18BrNO4S. The highest BCUT2D eigenvalue weighted by atomic mass is 79.9. The van der Waals surface area contributed by atoms with E-state index in [1.807, 2.05) is 6.92 Å². The summed E-state index contributed by atoms with van der Waals surface area (Å²) in [7, 11) is -3.68. The molecule has 116 valence electrons. The normalized spacial score (nSPS) is 24.0. The summed E-state index contributed by atoms with van der Waals surface area (Å²) in [5.41, 5.74) is -0.0322. The van der Waals surface area contributed by atoms with E-state index in [9.17, 15) is 13.2 Å². The summed E-state index contributed by atoms with van der Waals surface area (Å²) in [6.07, 6.45) is 0.816. The van der Waals surface area contributed by atoms with Crippen LogP contribution < -0.4 is 0 Å². The lowest BCUT2D eigenvalue weighted by atomic mass is 9.90. The highest BCUT2D eigenvalue weighted by Gasteiger charge is 2.33. The molecule has 1 saturated heterocycles. The molecule has 1 N–H and O–H groups in total. The first-order valence-electron chi connectivity index (χ1n) is 6.76. The summed E-state index contributed by atoms with van der Waals surface area (Å²) >= 11 is 3.21. The monoisotopic (exact) mass is 375 g/mol. The van der Waals surface area contributed by atoms with Crippen LogP contribution >= 0.6 is 15.9 Å². The van der Waals surface area contributed by atoms with Crippen LogP contribution in [0.25, 0.3) is 0 Å². The van der Waals surface area contributed by atoms with Crippen molar-refractivity contribution < 1.29 is 18.3 Å².